The summed E-state index contributed by atoms with van der Waals surface area (Å²) in [5.41, 5.74) is 0. The van der Waals surface area contributed by atoms with E-state index in [0.717, 1.165) is 18.2 Å². The SMILES string of the molecule is CC1CCC=CS(=O)(=O)O1. The summed E-state index contributed by atoms with van der Waals surface area (Å²) in [6, 6.07) is 0. The molecule has 1 rings (SSSR count). The van der Waals surface area contributed by atoms with Gasteiger partial charge in [-0.3, -0.25) is 4.18 Å². The van der Waals surface area contributed by atoms with E-state index < -0.39 is 10.1 Å². The van der Waals surface area contributed by atoms with Crippen molar-refractivity contribution in [1.82, 2.24) is 0 Å². The molecule has 58 valence electrons. The summed E-state index contributed by atoms with van der Waals surface area (Å²) in [7, 11) is -3.35. The summed E-state index contributed by atoms with van der Waals surface area (Å²) in [6.07, 6.45) is 2.99. The van der Waals surface area contributed by atoms with Crippen molar-refractivity contribution in [3.63, 3.8) is 0 Å². The van der Waals surface area contributed by atoms with Gasteiger partial charge >= 0.3 is 0 Å². The lowest BCUT2D eigenvalue weighted by molar-refractivity contribution is 0.226. The molecule has 0 saturated heterocycles. The topological polar surface area (TPSA) is 43.4 Å². The Balaban J connectivity index is 2.79. The second-order valence-corrected chi connectivity index (χ2v) is 3.80. The third kappa shape index (κ3) is 2.11. The van der Waals surface area contributed by atoms with E-state index in [-0.39, 0.29) is 6.10 Å². The highest BCUT2D eigenvalue weighted by molar-refractivity contribution is 7.89. The van der Waals surface area contributed by atoms with Crippen molar-refractivity contribution < 1.29 is 12.6 Å². The van der Waals surface area contributed by atoms with Crippen LogP contribution in [0.5, 0.6) is 0 Å². The van der Waals surface area contributed by atoms with E-state index >= 15 is 0 Å². The molecule has 10 heavy (non-hydrogen) atoms. The van der Waals surface area contributed by atoms with Crippen LogP contribution in [0, 0.1) is 0 Å². The molecule has 1 atom stereocenters. The predicted molar refractivity (Wildman–Crippen MR) is 37.8 cm³/mol. The van der Waals surface area contributed by atoms with Crippen molar-refractivity contribution >= 4 is 10.1 Å². The lowest BCUT2D eigenvalue weighted by Gasteiger charge is -2.05. The van der Waals surface area contributed by atoms with Crippen LogP contribution in [-0.4, -0.2) is 14.5 Å². The van der Waals surface area contributed by atoms with E-state index in [0.29, 0.717) is 0 Å². The zero-order valence-corrected chi connectivity index (χ0v) is 6.60. The van der Waals surface area contributed by atoms with E-state index in [1.165, 1.54) is 0 Å². The molecule has 0 saturated carbocycles. The second kappa shape index (κ2) is 2.72. The first-order chi connectivity index (χ1) is 4.60. The molecule has 3 nitrogen and oxygen atoms in total. The first-order valence-electron chi connectivity index (χ1n) is 3.20. The zero-order valence-electron chi connectivity index (χ0n) is 5.78. The normalized spacial score (nSPS) is 31.5. The highest BCUT2D eigenvalue weighted by atomic mass is 32.2. The third-order valence-corrected chi connectivity index (χ3v) is 2.42. The van der Waals surface area contributed by atoms with E-state index in [1.807, 2.05) is 0 Å². The van der Waals surface area contributed by atoms with Gasteiger partial charge in [0.2, 0.25) is 0 Å². The summed E-state index contributed by atoms with van der Waals surface area (Å²) >= 11 is 0. The maximum Gasteiger partial charge on any atom is 0.289 e. The first-order valence-corrected chi connectivity index (χ1v) is 4.67. The fourth-order valence-electron chi connectivity index (χ4n) is 0.826. The Morgan fingerprint density at radius 3 is 3.00 bits per heavy atom. The third-order valence-electron chi connectivity index (χ3n) is 1.30. The summed E-state index contributed by atoms with van der Waals surface area (Å²) in [6.45, 7) is 1.75. The van der Waals surface area contributed by atoms with Crippen LogP contribution in [0.4, 0.5) is 0 Å². The molecule has 1 unspecified atom stereocenters. The highest BCUT2D eigenvalue weighted by Gasteiger charge is 2.14. The van der Waals surface area contributed by atoms with Crippen LogP contribution < -0.4 is 0 Å². The van der Waals surface area contributed by atoms with Gasteiger partial charge in [-0.15, -0.1) is 0 Å². The minimum absolute atomic E-state index is 0.181. The Bertz CT molecular complexity index is 227. The van der Waals surface area contributed by atoms with Crippen LogP contribution in [0.2, 0.25) is 0 Å². The number of hydrogen-bond acceptors (Lipinski definition) is 3. The van der Waals surface area contributed by atoms with Gasteiger partial charge in [0.15, 0.2) is 0 Å². The summed E-state index contributed by atoms with van der Waals surface area (Å²) < 4.78 is 26.2. The van der Waals surface area contributed by atoms with Gasteiger partial charge in [-0.2, -0.15) is 8.42 Å². The monoisotopic (exact) mass is 162 g/mol. The maximum absolute atomic E-state index is 10.8. The molecule has 0 aromatic carbocycles. The average molecular weight is 162 g/mol. The predicted octanol–water partition coefficient (Wildman–Crippen LogP) is 1.03. The molecule has 4 heteroatoms. The Kier molecular flexibility index (Phi) is 2.11. The van der Waals surface area contributed by atoms with Gasteiger partial charge in [-0.25, -0.2) is 0 Å². The van der Waals surface area contributed by atoms with E-state index in [2.05, 4.69) is 4.18 Å². The van der Waals surface area contributed by atoms with Crippen molar-refractivity contribution in [2.45, 2.75) is 25.9 Å². The van der Waals surface area contributed by atoms with Crippen LogP contribution in [0.1, 0.15) is 19.8 Å². The van der Waals surface area contributed by atoms with Gasteiger partial charge in [-0.1, -0.05) is 6.08 Å². The Hall–Kier alpha value is -0.350. The molecule has 0 N–H and O–H groups in total. The maximum atomic E-state index is 10.8. The number of rotatable bonds is 0. The van der Waals surface area contributed by atoms with E-state index in [4.69, 9.17) is 0 Å². The lowest BCUT2D eigenvalue weighted by Crippen LogP contribution is -2.10. The highest BCUT2D eigenvalue weighted by Crippen LogP contribution is 2.12. The summed E-state index contributed by atoms with van der Waals surface area (Å²) in [5.74, 6) is 0. The van der Waals surface area contributed by atoms with Crippen molar-refractivity contribution in [3.05, 3.63) is 11.5 Å². The molecular formula is C6H10O3S. The van der Waals surface area contributed by atoms with Crippen molar-refractivity contribution in [2.24, 2.45) is 0 Å². The Morgan fingerprint density at radius 2 is 2.30 bits per heavy atom. The minimum Gasteiger partial charge on any atom is -0.264 e. The molecule has 0 aromatic rings. The van der Waals surface area contributed by atoms with Gasteiger partial charge in [-0.05, 0) is 19.8 Å². The van der Waals surface area contributed by atoms with Crippen molar-refractivity contribution in [2.75, 3.05) is 0 Å². The molecular weight excluding hydrogens is 152 g/mol. The molecule has 0 fully saturated rings. The number of allylic oxidation sites excluding steroid dienone is 1. The van der Waals surface area contributed by atoms with Gasteiger partial charge in [0, 0.05) is 0 Å². The molecule has 0 amide bonds. The van der Waals surface area contributed by atoms with Gasteiger partial charge < -0.3 is 0 Å². The van der Waals surface area contributed by atoms with Crippen LogP contribution >= 0.6 is 0 Å². The molecule has 0 bridgehead atoms. The zero-order chi connectivity index (χ0) is 7.61. The standard InChI is InChI=1S/C6H10O3S/c1-6-4-2-3-5-10(7,8)9-6/h3,5-6H,2,4H2,1H3. The lowest BCUT2D eigenvalue weighted by atomic mass is 10.2. The fraction of sp³-hybridized carbons (Fsp3) is 0.667. The van der Waals surface area contributed by atoms with Crippen LogP contribution in [-0.2, 0) is 14.3 Å². The fourth-order valence-corrected chi connectivity index (χ4v) is 1.82. The van der Waals surface area contributed by atoms with Crippen molar-refractivity contribution in [1.29, 1.82) is 0 Å². The quantitative estimate of drug-likeness (QED) is 0.500. The van der Waals surface area contributed by atoms with Crippen molar-refractivity contribution in [3.8, 4) is 0 Å². The molecule has 1 aliphatic heterocycles. The van der Waals surface area contributed by atoms with E-state index in [1.54, 1.807) is 13.0 Å². The molecule has 0 spiro atoms. The van der Waals surface area contributed by atoms with Gasteiger partial charge in [0.1, 0.15) is 0 Å². The average Bonchev–Trinajstić information content (AvgIpc) is 1.90. The van der Waals surface area contributed by atoms with E-state index in [9.17, 15) is 8.42 Å². The number of hydrogen-bond donors (Lipinski definition) is 0. The minimum atomic E-state index is -3.35. The Morgan fingerprint density at radius 1 is 1.60 bits per heavy atom. The molecule has 0 aromatic heterocycles. The van der Waals surface area contributed by atoms with Gasteiger partial charge in [0.05, 0.1) is 11.5 Å². The largest absolute Gasteiger partial charge is 0.289 e. The molecule has 0 aliphatic carbocycles. The second-order valence-electron chi connectivity index (χ2n) is 2.35. The van der Waals surface area contributed by atoms with Crippen LogP contribution in [0.25, 0.3) is 0 Å². The van der Waals surface area contributed by atoms with Crippen LogP contribution in [0.15, 0.2) is 11.5 Å². The van der Waals surface area contributed by atoms with Gasteiger partial charge in [0.25, 0.3) is 10.1 Å². The molecule has 0 radical (unpaired) electrons. The smallest absolute Gasteiger partial charge is 0.264 e. The Labute approximate surface area is 60.8 Å². The molecule has 1 heterocycles. The summed E-state index contributed by atoms with van der Waals surface area (Å²) in [4.78, 5) is 0. The summed E-state index contributed by atoms with van der Waals surface area (Å²) in [5, 5.41) is 1.12. The first kappa shape index (κ1) is 7.75. The molecule has 1 aliphatic rings. The van der Waals surface area contributed by atoms with Crippen LogP contribution in [0.3, 0.4) is 0 Å².